The van der Waals surface area contributed by atoms with Gasteiger partial charge in [0, 0.05) is 16.6 Å². The van der Waals surface area contributed by atoms with Crippen LogP contribution in [-0.4, -0.2) is 74.2 Å². The van der Waals surface area contributed by atoms with Gasteiger partial charge in [-0.05, 0) is 50.8 Å². The van der Waals surface area contributed by atoms with E-state index in [2.05, 4.69) is 30.1 Å². The van der Waals surface area contributed by atoms with E-state index in [0.717, 1.165) is 5.56 Å². The number of nitrogens with two attached hydrogens (primary N) is 1. The lowest BCUT2D eigenvalue weighted by atomic mass is 9.44. The Morgan fingerprint density at radius 2 is 1.88 bits per heavy atom. The number of benzene rings is 1. The Labute approximate surface area is 231 Å². The van der Waals surface area contributed by atoms with Gasteiger partial charge in [-0.2, -0.15) is 23.0 Å². The van der Waals surface area contributed by atoms with Crippen LogP contribution in [0.2, 0.25) is 0 Å². The number of rotatable bonds is 7. The second-order valence-corrected chi connectivity index (χ2v) is 11.3. The van der Waals surface area contributed by atoms with Crippen LogP contribution in [-0.2, 0) is 19.6 Å². The third-order valence-electron chi connectivity index (χ3n) is 6.48. The zero-order valence-electron chi connectivity index (χ0n) is 21.6. The summed E-state index contributed by atoms with van der Waals surface area (Å²) in [5.74, 6) is -2.28. The van der Waals surface area contributed by atoms with Gasteiger partial charge < -0.3 is 20.9 Å². The van der Waals surface area contributed by atoms with E-state index in [0.29, 0.717) is 36.3 Å². The third kappa shape index (κ3) is 6.22. The standard InChI is InChI=1S/C21H24N8O4S.C2HF3O2/c1-3-33-19(30)27-20-8-21(9-20,10-20)28-34(31,32)14-5-4-13(2)15(6-14)16-7-24-17(22)18(26-16)29-12-23-11-25-29;3-2(4,5)1(6)7/h4-7,11-12,28H,3,8-10H2,1-2H3,(H2,22,24)(H,27,30);(H,6,7). The summed E-state index contributed by atoms with van der Waals surface area (Å²) < 4.78 is 67.3. The molecule has 18 heteroatoms. The third-order valence-corrected chi connectivity index (χ3v) is 8.06. The number of aromatic nitrogens is 5. The van der Waals surface area contributed by atoms with Gasteiger partial charge in [-0.15, -0.1) is 0 Å². The Morgan fingerprint density at radius 1 is 1.22 bits per heavy atom. The molecule has 0 spiro atoms. The number of hydrogen-bond donors (Lipinski definition) is 4. The summed E-state index contributed by atoms with van der Waals surface area (Å²) in [6, 6.07) is 4.85. The Balaban J connectivity index is 0.000000493. The van der Waals surface area contributed by atoms with Crippen molar-refractivity contribution in [1.29, 1.82) is 0 Å². The first-order valence-corrected chi connectivity index (χ1v) is 13.4. The van der Waals surface area contributed by atoms with Gasteiger partial charge >= 0.3 is 18.2 Å². The molecule has 0 aliphatic heterocycles. The Morgan fingerprint density at radius 3 is 2.44 bits per heavy atom. The first kappa shape index (κ1) is 29.7. The van der Waals surface area contributed by atoms with Crippen LogP contribution in [0.15, 0.2) is 41.9 Å². The molecular formula is C23H25F3N8O6S. The number of halogens is 3. The van der Waals surface area contributed by atoms with E-state index in [1.165, 1.54) is 23.5 Å². The fourth-order valence-corrected chi connectivity index (χ4v) is 6.23. The number of nitrogens with one attached hydrogen (secondary N) is 2. The molecule has 1 aromatic carbocycles. The summed E-state index contributed by atoms with van der Waals surface area (Å²) >= 11 is 0. The molecule has 0 atom stereocenters. The summed E-state index contributed by atoms with van der Waals surface area (Å²) in [5, 5.41) is 14.0. The number of alkyl halides is 3. The maximum absolute atomic E-state index is 13.2. The molecule has 3 aliphatic rings. The zero-order valence-corrected chi connectivity index (χ0v) is 22.5. The lowest BCUT2D eigenvalue weighted by molar-refractivity contribution is -0.192. The van der Waals surface area contributed by atoms with Gasteiger partial charge in [0.1, 0.15) is 12.7 Å². The molecule has 3 aromatic rings. The molecule has 3 fully saturated rings. The molecule has 1 amide bonds. The highest BCUT2D eigenvalue weighted by molar-refractivity contribution is 7.89. The van der Waals surface area contributed by atoms with Gasteiger partial charge in [0.05, 0.1) is 23.4 Å². The Hall–Kier alpha value is -4.32. The Bertz CT molecular complexity index is 1560. The number of hydrogen-bond acceptors (Lipinski definition) is 10. The molecular weight excluding hydrogens is 573 g/mol. The molecule has 2 bridgehead atoms. The van der Waals surface area contributed by atoms with E-state index in [4.69, 9.17) is 20.4 Å². The van der Waals surface area contributed by atoms with Crippen LogP contribution in [0.4, 0.5) is 23.8 Å². The van der Waals surface area contributed by atoms with Gasteiger partial charge in [-0.1, -0.05) is 6.07 Å². The summed E-state index contributed by atoms with van der Waals surface area (Å²) in [6.07, 6.45) is 0.333. The van der Waals surface area contributed by atoms with E-state index in [9.17, 15) is 26.4 Å². The maximum Gasteiger partial charge on any atom is 0.490 e. The first-order valence-electron chi connectivity index (χ1n) is 12.0. The number of aryl methyl sites for hydroxylation is 1. The van der Waals surface area contributed by atoms with Crippen LogP contribution < -0.4 is 15.8 Å². The summed E-state index contributed by atoms with van der Waals surface area (Å²) in [4.78, 5) is 33.4. The van der Waals surface area contributed by atoms with Crippen molar-refractivity contribution in [2.45, 2.75) is 55.3 Å². The van der Waals surface area contributed by atoms with Crippen LogP contribution in [0, 0.1) is 6.92 Å². The highest BCUT2D eigenvalue weighted by atomic mass is 32.2. The molecule has 3 saturated carbocycles. The number of carbonyl (C=O) groups is 2. The molecule has 2 heterocycles. The minimum atomic E-state index is -5.08. The number of alkyl carbamates (subject to hydrolysis) is 1. The number of ether oxygens (including phenoxy) is 1. The fourth-order valence-electron chi connectivity index (χ4n) is 4.81. The predicted molar refractivity (Wildman–Crippen MR) is 135 cm³/mol. The molecule has 2 aromatic heterocycles. The lowest BCUT2D eigenvalue weighted by Crippen LogP contribution is -2.83. The number of anilines is 1. The monoisotopic (exact) mass is 598 g/mol. The average molecular weight is 599 g/mol. The Kier molecular flexibility index (Phi) is 7.65. The van der Waals surface area contributed by atoms with Crippen molar-refractivity contribution in [3.8, 4) is 17.1 Å². The molecule has 6 rings (SSSR count). The van der Waals surface area contributed by atoms with Crippen molar-refractivity contribution in [2.75, 3.05) is 12.3 Å². The smallest absolute Gasteiger partial charge is 0.475 e. The van der Waals surface area contributed by atoms with Gasteiger partial charge in [0.2, 0.25) is 10.0 Å². The topological polar surface area (TPSA) is 204 Å². The van der Waals surface area contributed by atoms with Crippen molar-refractivity contribution < 1.29 is 41.0 Å². The van der Waals surface area contributed by atoms with Crippen molar-refractivity contribution in [1.82, 2.24) is 34.8 Å². The van der Waals surface area contributed by atoms with Crippen LogP contribution in [0.1, 0.15) is 31.7 Å². The number of sulfonamides is 1. The quantitative estimate of drug-likeness (QED) is 0.309. The lowest BCUT2D eigenvalue weighted by Gasteiger charge is -2.69. The normalized spacial score (nSPS) is 21.0. The number of amides is 1. The minimum Gasteiger partial charge on any atom is -0.475 e. The summed E-state index contributed by atoms with van der Waals surface area (Å²) in [6.45, 7) is 3.88. The van der Waals surface area contributed by atoms with Crippen LogP contribution in [0.5, 0.6) is 0 Å². The van der Waals surface area contributed by atoms with E-state index < -0.39 is 33.8 Å². The van der Waals surface area contributed by atoms with E-state index in [-0.39, 0.29) is 22.9 Å². The number of carbonyl (C=O) groups excluding carboxylic acids is 1. The largest absolute Gasteiger partial charge is 0.490 e. The molecule has 0 radical (unpaired) electrons. The number of nitrogen functional groups attached to an aromatic ring is 1. The zero-order chi connectivity index (χ0) is 30.2. The van der Waals surface area contributed by atoms with Gasteiger partial charge in [0.25, 0.3) is 0 Å². The van der Waals surface area contributed by atoms with E-state index in [1.54, 1.807) is 25.1 Å². The SMILES string of the molecule is CCOC(=O)NC12CC(NS(=O)(=O)c3ccc(C)c(-c4cnc(N)c(-n5cncn5)n4)c3)(C1)C2.O=C(O)C(F)(F)F. The second-order valence-electron chi connectivity index (χ2n) is 9.63. The summed E-state index contributed by atoms with van der Waals surface area (Å²) in [5.41, 5.74) is 6.90. The van der Waals surface area contributed by atoms with Crippen molar-refractivity contribution in [3.63, 3.8) is 0 Å². The van der Waals surface area contributed by atoms with Gasteiger partial charge in [-0.25, -0.2) is 37.7 Å². The fraction of sp³-hybridized carbons (Fsp3) is 0.391. The van der Waals surface area contributed by atoms with Crippen molar-refractivity contribution in [3.05, 3.63) is 42.6 Å². The molecule has 0 saturated heterocycles. The van der Waals surface area contributed by atoms with Crippen molar-refractivity contribution >= 4 is 27.9 Å². The molecule has 5 N–H and O–H groups in total. The summed E-state index contributed by atoms with van der Waals surface area (Å²) in [7, 11) is -3.81. The molecule has 0 unspecified atom stereocenters. The first-order chi connectivity index (χ1) is 19.1. The minimum absolute atomic E-state index is 0.117. The number of nitrogens with zero attached hydrogens (tertiary/aromatic N) is 5. The van der Waals surface area contributed by atoms with Gasteiger partial charge in [0.15, 0.2) is 11.6 Å². The van der Waals surface area contributed by atoms with Crippen molar-refractivity contribution in [2.24, 2.45) is 0 Å². The average Bonchev–Trinajstić information content (AvgIpc) is 3.37. The van der Waals surface area contributed by atoms with E-state index in [1.807, 2.05) is 6.92 Å². The number of aliphatic carboxylic acids is 1. The van der Waals surface area contributed by atoms with Crippen LogP contribution in [0.25, 0.3) is 17.1 Å². The molecule has 3 aliphatic carbocycles. The maximum atomic E-state index is 13.2. The van der Waals surface area contributed by atoms with Crippen LogP contribution >= 0.6 is 0 Å². The number of carboxylic acids is 1. The second kappa shape index (κ2) is 10.6. The highest BCUT2D eigenvalue weighted by Gasteiger charge is 2.70. The molecule has 220 valence electrons. The van der Waals surface area contributed by atoms with Gasteiger partial charge in [-0.3, -0.25) is 0 Å². The molecule has 14 nitrogen and oxygen atoms in total. The number of carboxylic acid groups (broad SMARTS) is 1. The highest BCUT2D eigenvalue weighted by Crippen LogP contribution is 2.60. The molecule has 41 heavy (non-hydrogen) atoms. The predicted octanol–water partition coefficient (Wildman–Crippen LogP) is 1.95. The van der Waals surface area contributed by atoms with Crippen LogP contribution in [0.3, 0.4) is 0 Å². The van der Waals surface area contributed by atoms with E-state index >= 15 is 0 Å².